The lowest BCUT2D eigenvalue weighted by Gasteiger charge is -2.20. The molecule has 6 nitrogen and oxygen atoms in total. The molecule has 2 N–H and O–H groups in total. The van der Waals surface area contributed by atoms with E-state index in [0.29, 0.717) is 18.7 Å². The lowest BCUT2D eigenvalue weighted by Crippen LogP contribution is -2.22. The zero-order valence-electron chi connectivity index (χ0n) is 9.77. The first-order chi connectivity index (χ1) is 7.38. The lowest BCUT2D eigenvalue weighted by molar-refractivity contribution is 0.0687. The van der Waals surface area contributed by atoms with Crippen molar-refractivity contribution in [2.24, 2.45) is 0 Å². The van der Waals surface area contributed by atoms with Crippen molar-refractivity contribution in [2.45, 2.75) is 39.2 Å². The Morgan fingerprint density at radius 1 is 1.44 bits per heavy atom. The van der Waals surface area contributed by atoms with E-state index in [1.54, 1.807) is 4.68 Å². The van der Waals surface area contributed by atoms with E-state index in [-0.39, 0.29) is 17.7 Å². The molecule has 0 saturated heterocycles. The van der Waals surface area contributed by atoms with Crippen molar-refractivity contribution in [3.63, 3.8) is 0 Å². The summed E-state index contributed by atoms with van der Waals surface area (Å²) >= 11 is 0. The molecule has 1 aromatic heterocycles. The Bertz CT molecular complexity index is 379. The van der Waals surface area contributed by atoms with Gasteiger partial charge < -0.3 is 10.2 Å². The van der Waals surface area contributed by atoms with Crippen LogP contribution in [0, 0.1) is 0 Å². The number of nitrogens with zero attached hydrogens (tertiary/aromatic N) is 3. The molecule has 0 amide bonds. The molecule has 0 aliphatic heterocycles. The van der Waals surface area contributed by atoms with Gasteiger partial charge in [-0.15, -0.1) is 5.10 Å². The quantitative estimate of drug-likeness (QED) is 0.788. The minimum atomic E-state index is -1.07. The number of aromatic carboxylic acids is 1. The molecule has 0 aromatic carbocycles. The van der Waals surface area contributed by atoms with Crippen LogP contribution in [0.4, 0.5) is 0 Å². The Hall–Kier alpha value is -1.43. The van der Waals surface area contributed by atoms with Crippen molar-refractivity contribution in [1.29, 1.82) is 0 Å². The lowest BCUT2D eigenvalue weighted by atomic mass is 9.90. The first kappa shape index (κ1) is 12.6. The molecule has 0 atom stereocenters. The third-order valence-corrected chi connectivity index (χ3v) is 2.18. The van der Waals surface area contributed by atoms with Crippen LogP contribution in [0.2, 0.25) is 0 Å². The maximum Gasteiger partial charge on any atom is 0.358 e. The van der Waals surface area contributed by atoms with Crippen LogP contribution in [0.5, 0.6) is 0 Å². The molecule has 1 heterocycles. The fourth-order valence-corrected chi connectivity index (χ4v) is 1.58. The molecular weight excluding hydrogens is 210 g/mol. The van der Waals surface area contributed by atoms with Crippen LogP contribution in [-0.4, -0.2) is 37.8 Å². The summed E-state index contributed by atoms with van der Waals surface area (Å²) in [6, 6.07) is 0. The highest BCUT2D eigenvalue weighted by molar-refractivity contribution is 5.86. The van der Waals surface area contributed by atoms with Crippen LogP contribution >= 0.6 is 0 Å². The monoisotopic (exact) mass is 227 g/mol. The second kappa shape index (κ2) is 4.61. The zero-order chi connectivity index (χ0) is 12.3. The van der Waals surface area contributed by atoms with Crippen molar-refractivity contribution in [2.75, 3.05) is 6.61 Å². The van der Waals surface area contributed by atoms with Gasteiger partial charge in [-0.3, -0.25) is 0 Å². The van der Waals surface area contributed by atoms with Gasteiger partial charge in [-0.1, -0.05) is 26.0 Å². The van der Waals surface area contributed by atoms with Crippen molar-refractivity contribution in [1.82, 2.24) is 15.0 Å². The van der Waals surface area contributed by atoms with E-state index in [2.05, 4.69) is 10.3 Å². The third-order valence-electron chi connectivity index (χ3n) is 2.18. The van der Waals surface area contributed by atoms with E-state index in [0.717, 1.165) is 0 Å². The second-order valence-electron chi connectivity index (χ2n) is 4.64. The summed E-state index contributed by atoms with van der Waals surface area (Å²) in [5.41, 5.74) is 0.242. The predicted molar refractivity (Wildman–Crippen MR) is 57.4 cm³/mol. The van der Waals surface area contributed by atoms with Crippen LogP contribution in [0.1, 0.15) is 43.4 Å². The van der Waals surface area contributed by atoms with E-state index in [4.69, 9.17) is 10.2 Å². The Labute approximate surface area is 93.9 Å². The van der Waals surface area contributed by atoms with Gasteiger partial charge in [0.1, 0.15) is 0 Å². The Kier molecular flexibility index (Phi) is 3.64. The van der Waals surface area contributed by atoms with E-state index < -0.39 is 5.97 Å². The second-order valence-corrected chi connectivity index (χ2v) is 4.64. The molecule has 0 spiro atoms. The molecule has 16 heavy (non-hydrogen) atoms. The van der Waals surface area contributed by atoms with Crippen LogP contribution in [0.25, 0.3) is 0 Å². The topological polar surface area (TPSA) is 88.2 Å². The Morgan fingerprint density at radius 3 is 2.50 bits per heavy atom. The summed E-state index contributed by atoms with van der Waals surface area (Å²) < 4.78 is 1.56. The summed E-state index contributed by atoms with van der Waals surface area (Å²) in [7, 11) is 0. The third kappa shape index (κ3) is 2.57. The number of hydrogen-bond acceptors (Lipinski definition) is 4. The van der Waals surface area contributed by atoms with Crippen LogP contribution in [-0.2, 0) is 12.0 Å². The number of aryl methyl sites for hydroxylation is 1. The molecule has 0 fully saturated rings. The largest absolute Gasteiger partial charge is 0.476 e. The van der Waals surface area contributed by atoms with Crippen LogP contribution in [0.3, 0.4) is 0 Å². The first-order valence-electron chi connectivity index (χ1n) is 5.16. The average Bonchev–Trinajstić information content (AvgIpc) is 2.57. The van der Waals surface area contributed by atoms with Gasteiger partial charge in [0, 0.05) is 18.6 Å². The minimum Gasteiger partial charge on any atom is -0.476 e. The number of aliphatic hydroxyl groups is 1. The van der Waals surface area contributed by atoms with E-state index >= 15 is 0 Å². The van der Waals surface area contributed by atoms with Gasteiger partial charge in [0.2, 0.25) is 0 Å². The van der Waals surface area contributed by atoms with Gasteiger partial charge in [0.25, 0.3) is 0 Å². The average molecular weight is 227 g/mol. The molecule has 0 radical (unpaired) electrons. The fraction of sp³-hybridized carbons (Fsp3) is 0.700. The standard InChI is InChI=1S/C10H17N3O3/c1-10(2,3)8-7(9(15)16)11-12-13(8)5-4-6-14/h14H,4-6H2,1-3H3,(H,15,16). The summed E-state index contributed by atoms with van der Waals surface area (Å²) in [4.78, 5) is 11.0. The Morgan fingerprint density at radius 2 is 2.06 bits per heavy atom. The minimum absolute atomic E-state index is 0.00885. The maximum absolute atomic E-state index is 11.0. The van der Waals surface area contributed by atoms with E-state index in [9.17, 15) is 4.79 Å². The fourth-order valence-electron chi connectivity index (χ4n) is 1.58. The van der Waals surface area contributed by atoms with Crippen LogP contribution in [0.15, 0.2) is 0 Å². The first-order valence-corrected chi connectivity index (χ1v) is 5.16. The number of aromatic nitrogens is 3. The van der Waals surface area contributed by atoms with Gasteiger partial charge in [0.15, 0.2) is 5.69 Å². The van der Waals surface area contributed by atoms with Crippen molar-refractivity contribution in [3.05, 3.63) is 11.4 Å². The molecule has 0 aliphatic rings. The molecule has 0 saturated carbocycles. The number of rotatable bonds is 4. The SMILES string of the molecule is CC(C)(C)c1c(C(=O)O)nnn1CCCO. The maximum atomic E-state index is 11.0. The molecule has 1 aromatic rings. The molecule has 0 unspecified atom stereocenters. The molecule has 90 valence electrons. The normalized spacial score (nSPS) is 11.8. The van der Waals surface area contributed by atoms with Gasteiger partial charge in [-0.05, 0) is 6.42 Å². The summed E-state index contributed by atoms with van der Waals surface area (Å²) in [5, 5.41) is 25.2. The van der Waals surface area contributed by atoms with E-state index in [1.807, 2.05) is 20.8 Å². The highest BCUT2D eigenvalue weighted by Crippen LogP contribution is 2.24. The highest BCUT2D eigenvalue weighted by atomic mass is 16.4. The zero-order valence-corrected chi connectivity index (χ0v) is 9.77. The number of carbonyl (C=O) groups is 1. The van der Waals surface area contributed by atoms with E-state index in [1.165, 1.54) is 0 Å². The predicted octanol–water partition coefficient (Wildman–Crippen LogP) is 0.656. The summed E-state index contributed by atoms with van der Waals surface area (Å²) in [5.74, 6) is -1.07. The van der Waals surface area contributed by atoms with Gasteiger partial charge in [-0.2, -0.15) is 0 Å². The van der Waals surface area contributed by atoms with Gasteiger partial charge in [-0.25, -0.2) is 9.48 Å². The molecule has 6 heteroatoms. The molecule has 0 bridgehead atoms. The summed E-state index contributed by atoms with van der Waals surface area (Å²) in [6.07, 6.45) is 0.533. The van der Waals surface area contributed by atoms with Crippen molar-refractivity contribution < 1.29 is 15.0 Å². The number of carboxylic acids is 1. The number of hydrogen-bond donors (Lipinski definition) is 2. The molecule has 1 rings (SSSR count). The molecule has 0 aliphatic carbocycles. The molecular formula is C10H17N3O3. The smallest absolute Gasteiger partial charge is 0.358 e. The van der Waals surface area contributed by atoms with Gasteiger partial charge >= 0.3 is 5.97 Å². The van der Waals surface area contributed by atoms with Gasteiger partial charge in [0.05, 0.1) is 5.69 Å². The van der Waals surface area contributed by atoms with Crippen molar-refractivity contribution in [3.8, 4) is 0 Å². The number of aliphatic hydroxyl groups excluding tert-OH is 1. The number of carboxylic acid groups (broad SMARTS) is 1. The highest BCUT2D eigenvalue weighted by Gasteiger charge is 2.28. The van der Waals surface area contributed by atoms with Crippen LogP contribution < -0.4 is 0 Å². The Balaban J connectivity index is 3.15. The van der Waals surface area contributed by atoms with Crippen molar-refractivity contribution >= 4 is 5.97 Å². The summed E-state index contributed by atoms with van der Waals surface area (Å²) in [6.45, 7) is 6.25.